The van der Waals surface area contributed by atoms with Gasteiger partial charge < -0.3 is 14.5 Å². The van der Waals surface area contributed by atoms with Gasteiger partial charge in [-0.1, -0.05) is 0 Å². The topological polar surface area (TPSA) is 41.5 Å². The minimum Gasteiger partial charge on any atom is -0.497 e. The van der Waals surface area contributed by atoms with E-state index in [0.717, 1.165) is 42.3 Å². The smallest absolute Gasteiger partial charge is 0.225 e. The molecule has 2 heterocycles. The van der Waals surface area contributed by atoms with Crippen LogP contribution in [0.15, 0.2) is 41.1 Å². The molecule has 1 saturated heterocycles. The van der Waals surface area contributed by atoms with E-state index in [4.69, 9.17) is 4.74 Å². The number of anilines is 2. The van der Waals surface area contributed by atoms with Crippen molar-refractivity contribution in [3.05, 3.63) is 41.1 Å². The molecule has 0 aliphatic carbocycles. The lowest BCUT2D eigenvalue weighted by Gasteiger charge is -2.36. The van der Waals surface area contributed by atoms with Crippen LogP contribution in [0.4, 0.5) is 11.6 Å². The van der Waals surface area contributed by atoms with Crippen LogP contribution in [0.5, 0.6) is 5.75 Å². The molecule has 0 unspecified atom stereocenters. The van der Waals surface area contributed by atoms with Crippen LogP contribution >= 0.6 is 15.9 Å². The summed E-state index contributed by atoms with van der Waals surface area (Å²) in [5.41, 5.74) is 1.23. The highest BCUT2D eigenvalue weighted by Gasteiger charge is 2.19. The van der Waals surface area contributed by atoms with Gasteiger partial charge in [0, 0.05) is 44.3 Å². The summed E-state index contributed by atoms with van der Waals surface area (Å²) in [5, 5.41) is 0. The van der Waals surface area contributed by atoms with Gasteiger partial charge >= 0.3 is 0 Å². The highest BCUT2D eigenvalue weighted by molar-refractivity contribution is 9.10. The van der Waals surface area contributed by atoms with Gasteiger partial charge in [-0.15, -0.1) is 0 Å². The van der Waals surface area contributed by atoms with Crippen molar-refractivity contribution in [3.63, 3.8) is 0 Å². The molecule has 110 valence electrons. The molecular weight excluding hydrogens is 332 g/mol. The number of piperazine rings is 1. The second-order valence-electron chi connectivity index (χ2n) is 4.87. The monoisotopic (exact) mass is 348 g/mol. The van der Waals surface area contributed by atoms with Crippen molar-refractivity contribution in [2.24, 2.45) is 0 Å². The zero-order valence-corrected chi connectivity index (χ0v) is 13.5. The highest BCUT2D eigenvalue weighted by Crippen LogP contribution is 2.21. The number of ether oxygens (including phenoxy) is 1. The Hall–Kier alpha value is -1.82. The molecule has 1 aliphatic rings. The van der Waals surface area contributed by atoms with Crippen LogP contribution in [0, 0.1) is 0 Å². The summed E-state index contributed by atoms with van der Waals surface area (Å²) in [5.74, 6) is 1.69. The molecule has 1 aliphatic heterocycles. The van der Waals surface area contributed by atoms with E-state index in [-0.39, 0.29) is 0 Å². The fourth-order valence-corrected chi connectivity index (χ4v) is 2.63. The van der Waals surface area contributed by atoms with Gasteiger partial charge in [-0.25, -0.2) is 9.97 Å². The number of hydrogen-bond acceptors (Lipinski definition) is 5. The average Bonchev–Trinajstić information content (AvgIpc) is 2.56. The molecule has 5 nitrogen and oxygen atoms in total. The molecule has 0 N–H and O–H groups in total. The van der Waals surface area contributed by atoms with Gasteiger partial charge in [-0.2, -0.15) is 0 Å². The molecule has 3 rings (SSSR count). The van der Waals surface area contributed by atoms with Gasteiger partial charge in [0.1, 0.15) is 5.75 Å². The molecule has 1 fully saturated rings. The Morgan fingerprint density at radius 3 is 2.10 bits per heavy atom. The molecule has 6 heteroatoms. The second kappa shape index (κ2) is 6.30. The van der Waals surface area contributed by atoms with Crippen LogP contribution in [-0.4, -0.2) is 43.3 Å². The SMILES string of the molecule is COc1ccc(N2CCN(c3ncc(Br)cn3)CC2)cc1. The van der Waals surface area contributed by atoms with Crippen molar-refractivity contribution >= 4 is 27.6 Å². The molecule has 0 bridgehead atoms. The molecule has 0 saturated carbocycles. The van der Waals surface area contributed by atoms with Crippen molar-refractivity contribution in [3.8, 4) is 5.75 Å². The summed E-state index contributed by atoms with van der Waals surface area (Å²) in [6, 6.07) is 8.20. The third kappa shape index (κ3) is 3.26. The first kappa shape index (κ1) is 14.1. The maximum atomic E-state index is 5.19. The van der Waals surface area contributed by atoms with Crippen LogP contribution in [0.25, 0.3) is 0 Å². The fourth-order valence-electron chi connectivity index (χ4n) is 2.43. The quantitative estimate of drug-likeness (QED) is 0.852. The van der Waals surface area contributed by atoms with E-state index in [0.29, 0.717) is 0 Å². The van der Waals surface area contributed by atoms with E-state index in [9.17, 15) is 0 Å². The largest absolute Gasteiger partial charge is 0.497 e. The van der Waals surface area contributed by atoms with Crippen molar-refractivity contribution in [1.82, 2.24) is 9.97 Å². The van der Waals surface area contributed by atoms with Crippen molar-refractivity contribution in [1.29, 1.82) is 0 Å². The number of halogens is 1. The van der Waals surface area contributed by atoms with E-state index in [2.05, 4.69) is 47.8 Å². The first-order valence-electron chi connectivity index (χ1n) is 6.88. The number of benzene rings is 1. The fraction of sp³-hybridized carbons (Fsp3) is 0.333. The van der Waals surface area contributed by atoms with Gasteiger partial charge in [0.05, 0.1) is 11.6 Å². The Morgan fingerprint density at radius 1 is 0.952 bits per heavy atom. The third-order valence-electron chi connectivity index (χ3n) is 3.61. The van der Waals surface area contributed by atoms with Crippen LogP contribution in [-0.2, 0) is 0 Å². The first-order chi connectivity index (χ1) is 10.3. The summed E-state index contributed by atoms with van der Waals surface area (Å²) in [6.07, 6.45) is 3.58. The summed E-state index contributed by atoms with van der Waals surface area (Å²) in [7, 11) is 1.69. The van der Waals surface area contributed by atoms with E-state index in [1.165, 1.54) is 5.69 Å². The first-order valence-corrected chi connectivity index (χ1v) is 7.67. The van der Waals surface area contributed by atoms with Gasteiger partial charge in [0.25, 0.3) is 0 Å². The van der Waals surface area contributed by atoms with E-state index < -0.39 is 0 Å². The number of aromatic nitrogens is 2. The molecule has 1 aromatic heterocycles. The average molecular weight is 349 g/mol. The van der Waals surface area contributed by atoms with Crippen LogP contribution in [0.1, 0.15) is 0 Å². The molecule has 21 heavy (non-hydrogen) atoms. The Kier molecular flexibility index (Phi) is 4.24. The van der Waals surface area contributed by atoms with Gasteiger partial charge in [0.2, 0.25) is 5.95 Å². The standard InChI is InChI=1S/C15H17BrN4O/c1-21-14-4-2-13(3-5-14)19-6-8-20(9-7-19)15-17-10-12(16)11-18-15/h2-5,10-11H,6-9H2,1H3. The number of rotatable bonds is 3. The Morgan fingerprint density at radius 2 is 1.52 bits per heavy atom. The molecule has 0 atom stereocenters. The van der Waals surface area contributed by atoms with Gasteiger partial charge in [0.15, 0.2) is 0 Å². The summed E-state index contributed by atoms with van der Waals surface area (Å²) in [6.45, 7) is 3.78. The predicted octanol–water partition coefficient (Wildman–Crippen LogP) is 2.57. The predicted molar refractivity (Wildman–Crippen MR) is 87.2 cm³/mol. The van der Waals surface area contributed by atoms with Gasteiger partial charge in [-0.3, -0.25) is 0 Å². The van der Waals surface area contributed by atoms with Crippen molar-refractivity contribution in [2.45, 2.75) is 0 Å². The highest BCUT2D eigenvalue weighted by atomic mass is 79.9. The zero-order valence-electron chi connectivity index (χ0n) is 11.9. The number of hydrogen-bond donors (Lipinski definition) is 0. The minimum absolute atomic E-state index is 0.799. The van der Waals surface area contributed by atoms with E-state index >= 15 is 0 Å². The normalized spacial score (nSPS) is 15.1. The second-order valence-corrected chi connectivity index (χ2v) is 5.79. The summed E-state index contributed by atoms with van der Waals surface area (Å²) >= 11 is 3.36. The number of nitrogens with zero attached hydrogens (tertiary/aromatic N) is 4. The summed E-state index contributed by atoms with van der Waals surface area (Å²) < 4.78 is 6.10. The van der Waals surface area contributed by atoms with Crippen LogP contribution < -0.4 is 14.5 Å². The molecule has 2 aromatic rings. The maximum absolute atomic E-state index is 5.19. The van der Waals surface area contributed by atoms with E-state index in [1.54, 1.807) is 19.5 Å². The van der Waals surface area contributed by atoms with Crippen LogP contribution in [0.2, 0.25) is 0 Å². The lowest BCUT2D eigenvalue weighted by Crippen LogP contribution is -2.47. The molecule has 0 spiro atoms. The van der Waals surface area contributed by atoms with E-state index in [1.807, 2.05) is 12.1 Å². The summed E-state index contributed by atoms with van der Waals surface area (Å²) in [4.78, 5) is 13.3. The Balaban J connectivity index is 1.62. The number of methoxy groups -OCH3 is 1. The van der Waals surface area contributed by atoms with Crippen LogP contribution in [0.3, 0.4) is 0 Å². The van der Waals surface area contributed by atoms with Crippen molar-refractivity contribution in [2.75, 3.05) is 43.1 Å². The van der Waals surface area contributed by atoms with Crippen molar-refractivity contribution < 1.29 is 4.74 Å². The Bertz CT molecular complexity index is 580. The lowest BCUT2D eigenvalue weighted by atomic mass is 10.2. The molecule has 0 radical (unpaired) electrons. The zero-order chi connectivity index (χ0) is 14.7. The minimum atomic E-state index is 0.799. The molecule has 0 amide bonds. The van der Waals surface area contributed by atoms with Gasteiger partial charge in [-0.05, 0) is 40.2 Å². The molecule has 1 aromatic carbocycles. The third-order valence-corrected chi connectivity index (χ3v) is 4.02. The Labute approximate surface area is 132 Å². The maximum Gasteiger partial charge on any atom is 0.225 e. The lowest BCUT2D eigenvalue weighted by molar-refractivity contribution is 0.415. The molecular formula is C15H17BrN4O.